The van der Waals surface area contributed by atoms with Crippen LogP contribution in [0.2, 0.25) is 0 Å². The number of aliphatic hydroxyl groups is 2. The molecular formula is C19H38O2. The summed E-state index contributed by atoms with van der Waals surface area (Å²) < 4.78 is 0. The highest BCUT2D eigenvalue weighted by Gasteiger charge is 1.96. The lowest BCUT2D eigenvalue weighted by Gasteiger charge is -2.03. The van der Waals surface area contributed by atoms with E-state index in [-0.39, 0.29) is 6.10 Å². The maximum absolute atomic E-state index is 9.66. The van der Waals surface area contributed by atoms with Crippen LogP contribution >= 0.6 is 0 Å². The third-order valence-corrected chi connectivity index (χ3v) is 3.99. The van der Waals surface area contributed by atoms with Crippen LogP contribution < -0.4 is 0 Å². The first-order valence-corrected chi connectivity index (χ1v) is 9.26. The molecule has 0 aliphatic carbocycles. The number of rotatable bonds is 16. The molecule has 0 rings (SSSR count). The molecule has 0 amide bonds. The molecule has 0 aromatic heterocycles. The van der Waals surface area contributed by atoms with Gasteiger partial charge in [-0.25, -0.2) is 0 Å². The fraction of sp³-hybridized carbons (Fsp3) is 0.895. The van der Waals surface area contributed by atoms with Crippen LogP contribution in [0, 0.1) is 0 Å². The summed E-state index contributed by atoms with van der Waals surface area (Å²) in [4.78, 5) is 0. The molecule has 0 aliphatic heterocycles. The van der Waals surface area contributed by atoms with E-state index in [0.717, 1.165) is 32.1 Å². The standard InChI is InChI=1S/C19H38O2/c1-2-3-16-19(21)17-14-12-10-8-6-4-5-7-9-11-13-15-18-20/h14,17,19-21H,2-13,15-16,18H2,1H3. The van der Waals surface area contributed by atoms with Crippen molar-refractivity contribution in [2.75, 3.05) is 6.61 Å². The first kappa shape index (κ1) is 20.7. The molecule has 0 aliphatic rings. The zero-order chi connectivity index (χ0) is 15.6. The second-order valence-electron chi connectivity index (χ2n) is 6.19. The van der Waals surface area contributed by atoms with Gasteiger partial charge < -0.3 is 10.2 Å². The van der Waals surface area contributed by atoms with Crippen LogP contribution in [0.15, 0.2) is 12.2 Å². The van der Waals surface area contributed by atoms with Gasteiger partial charge in [-0.3, -0.25) is 0 Å². The van der Waals surface area contributed by atoms with Gasteiger partial charge in [0.15, 0.2) is 0 Å². The molecule has 0 heterocycles. The van der Waals surface area contributed by atoms with Gasteiger partial charge in [0.1, 0.15) is 0 Å². The Hall–Kier alpha value is -0.340. The molecule has 1 atom stereocenters. The van der Waals surface area contributed by atoms with Gasteiger partial charge in [-0.15, -0.1) is 0 Å². The van der Waals surface area contributed by atoms with E-state index in [4.69, 9.17) is 5.11 Å². The number of allylic oxidation sites excluding steroid dienone is 1. The Morgan fingerprint density at radius 2 is 1.29 bits per heavy atom. The Labute approximate surface area is 132 Å². The fourth-order valence-electron chi connectivity index (χ4n) is 2.55. The molecule has 0 spiro atoms. The molecule has 126 valence electrons. The first-order valence-electron chi connectivity index (χ1n) is 9.26. The van der Waals surface area contributed by atoms with E-state index in [1.54, 1.807) is 0 Å². The Kier molecular flexibility index (Phi) is 17.4. The lowest BCUT2D eigenvalue weighted by atomic mass is 10.1. The molecule has 0 saturated heterocycles. The van der Waals surface area contributed by atoms with E-state index in [0.29, 0.717) is 6.61 Å². The number of hydrogen-bond acceptors (Lipinski definition) is 2. The lowest BCUT2D eigenvalue weighted by Crippen LogP contribution is -2.00. The molecule has 0 aromatic rings. The van der Waals surface area contributed by atoms with Crippen molar-refractivity contribution < 1.29 is 10.2 Å². The highest BCUT2D eigenvalue weighted by atomic mass is 16.3. The maximum atomic E-state index is 9.66. The summed E-state index contributed by atoms with van der Waals surface area (Å²) in [6.07, 6.45) is 21.0. The highest BCUT2D eigenvalue weighted by Crippen LogP contribution is 2.11. The predicted molar refractivity (Wildman–Crippen MR) is 92.5 cm³/mol. The Morgan fingerprint density at radius 3 is 1.81 bits per heavy atom. The summed E-state index contributed by atoms with van der Waals surface area (Å²) in [5.74, 6) is 0. The van der Waals surface area contributed by atoms with Crippen LogP contribution in [0.25, 0.3) is 0 Å². The van der Waals surface area contributed by atoms with Crippen molar-refractivity contribution >= 4 is 0 Å². The van der Waals surface area contributed by atoms with E-state index < -0.39 is 0 Å². The van der Waals surface area contributed by atoms with E-state index >= 15 is 0 Å². The largest absolute Gasteiger partial charge is 0.396 e. The smallest absolute Gasteiger partial charge is 0.0720 e. The predicted octanol–water partition coefficient (Wildman–Crippen LogP) is 5.38. The zero-order valence-corrected chi connectivity index (χ0v) is 14.2. The van der Waals surface area contributed by atoms with Crippen molar-refractivity contribution in [3.63, 3.8) is 0 Å². The Balaban J connectivity index is 3.13. The Morgan fingerprint density at radius 1 is 0.762 bits per heavy atom. The van der Waals surface area contributed by atoms with Gasteiger partial charge in [-0.05, 0) is 25.7 Å². The minimum Gasteiger partial charge on any atom is -0.396 e. The van der Waals surface area contributed by atoms with Gasteiger partial charge in [0, 0.05) is 6.61 Å². The molecule has 0 radical (unpaired) electrons. The van der Waals surface area contributed by atoms with Crippen LogP contribution in [0.5, 0.6) is 0 Å². The lowest BCUT2D eigenvalue weighted by molar-refractivity contribution is 0.209. The summed E-state index contributed by atoms with van der Waals surface area (Å²) in [6, 6.07) is 0. The average molecular weight is 299 g/mol. The second kappa shape index (κ2) is 17.7. The monoisotopic (exact) mass is 298 g/mol. The molecule has 1 unspecified atom stereocenters. The molecule has 0 bridgehead atoms. The number of hydrogen-bond donors (Lipinski definition) is 2. The minimum absolute atomic E-state index is 0.226. The molecular weight excluding hydrogens is 260 g/mol. The summed E-state index contributed by atoms with van der Waals surface area (Å²) in [6.45, 7) is 2.51. The molecule has 2 N–H and O–H groups in total. The SMILES string of the molecule is CCCCC(O)C=CCCCCCCCCCCCCO. The second-order valence-corrected chi connectivity index (χ2v) is 6.19. The van der Waals surface area contributed by atoms with Crippen molar-refractivity contribution in [2.24, 2.45) is 0 Å². The van der Waals surface area contributed by atoms with Crippen molar-refractivity contribution in [1.29, 1.82) is 0 Å². The van der Waals surface area contributed by atoms with Gasteiger partial charge in [-0.1, -0.05) is 83.3 Å². The van der Waals surface area contributed by atoms with Crippen molar-refractivity contribution in [1.82, 2.24) is 0 Å². The maximum Gasteiger partial charge on any atom is 0.0720 e. The summed E-state index contributed by atoms with van der Waals surface area (Å²) in [5.41, 5.74) is 0. The fourth-order valence-corrected chi connectivity index (χ4v) is 2.55. The minimum atomic E-state index is -0.226. The van der Waals surface area contributed by atoms with Crippen molar-refractivity contribution in [3.05, 3.63) is 12.2 Å². The molecule has 0 aromatic carbocycles. The molecule has 0 saturated carbocycles. The van der Waals surface area contributed by atoms with E-state index in [1.165, 1.54) is 57.8 Å². The van der Waals surface area contributed by atoms with Gasteiger partial charge in [0.2, 0.25) is 0 Å². The third-order valence-electron chi connectivity index (χ3n) is 3.99. The van der Waals surface area contributed by atoms with Crippen molar-refractivity contribution in [3.8, 4) is 0 Å². The molecule has 2 heteroatoms. The molecule has 0 fully saturated rings. The normalized spacial score (nSPS) is 13.1. The van der Waals surface area contributed by atoms with Crippen LogP contribution in [-0.2, 0) is 0 Å². The van der Waals surface area contributed by atoms with Crippen LogP contribution in [0.3, 0.4) is 0 Å². The third kappa shape index (κ3) is 17.6. The first-order chi connectivity index (χ1) is 10.3. The van der Waals surface area contributed by atoms with E-state index in [1.807, 2.05) is 6.08 Å². The number of aliphatic hydroxyl groups excluding tert-OH is 2. The van der Waals surface area contributed by atoms with Gasteiger partial charge in [0.25, 0.3) is 0 Å². The van der Waals surface area contributed by atoms with E-state index in [2.05, 4.69) is 13.0 Å². The average Bonchev–Trinajstić information content (AvgIpc) is 2.49. The topological polar surface area (TPSA) is 40.5 Å². The van der Waals surface area contributed by atoms with Gasteiger partial charge >= 0.3 is 0 Å². The molecule has 2 nitrogen and oxygen atoms in total. The zero-order valence-electron chi connectivity index (χ0n) is 14.2. The quantitative estimate of drug-likeness (QED) is 0.297. The Bertz CT molecular complexity index is 214. The number of unbranched alkanes of at least 4 members (excludes halogenated alkanes) is 11. The summed E-state index contributed by atoms with van der Waals surface area (Å²) in [7, 11) is 0. The van der Waals surface area contributed by atoms with Crippen molar-refractivity contribution in [2.45, 2.75) is 103 Å². The van der Waals surface area contributed by atoms with Gasteiger partial charge in [0.05, 0.1) is 6.10 Å². The van der Waals surface area contributed by atoms with Crippen LogP contribution in [-0.4, -0.2) is 22.9 Å². The van der Waals surface area contributed by atoms with E-state index in [9.17, 15) is 5.11 Å². The summed E-state index contributed by atoms with van der Waals surface area (Å²) in [5, 5.41) is 18.3. The highest BCUT2D eigenvalue weighted by molar-refractivity contribution is 4.88. The summed E-state index contributed by atoms with van der Waals surface area (Å²) >= 11 is 0. The van der Waals surface area contributed by atoms with Crippen LogP contribution in [0.4, 0.5) is 0 Å². The van der Waals surface area contributed by atoms with Gasteiger partial charge in [-0.2, -0.15) is 0 Å². The van der Waals surface area contributed by atoms with Crippen LogP contribution in [0.1, 0.15) is 96.8 Å². The molecule has 21 heavy (non-hydrogen) atoms.